The zero-order valence-electron chi connectivity index (χ0n) is 15.9. The highest BCUT2D eigenvalue weighted by Crippen LogP contribution is 2.22. The summed E-state index contributed by atoms with van der Waals surface area (Å²) in [6.45, 7) is 7.96. The highest BCUT2D eigenvalue weighted by atomic mass is 16.5. The zero-order chi connectivity index (χ0) is 19.1. The van der Waals surface area contributed by atoms with Crippen molar-refractivity contribution in [3.63, 3.8) is 0 Å². The van der Waals surface area contributed by atoms with E-state index in [0.29, 0.717) is 17.5 Å². The molecule has 0 aliphatic heterocycles. The minimum Gasteiger partial charge on any atom is -0.487 e. The van der Waals surface area contributed by atoms with Crippen LogP contribution in [0.1, 0.15) is 33.4 Å². The van der Waals surface area contributed by atoms with Gasteiger partial charge in [-0.25, -0.2) is 9.48 Å². The Hall–Kier alpha value is -2.97. The first kappa shape index (κ1) is 15.6. The summed E-state index contributed by atoms with van der Waals surface area (Å²) in [6, 6.07) is 5.55. The number of ether oxygens (including phenoxy) is 1. The summed E-state index contributed by atoms with van der Waals surface area (Å²) in [6.07, 6.45) is 0. The third-order valence-corrected chi connectivity index (χ3v) is 3.68. The second-order valence-electron chi connectivity index (χ2n) is 6.72. The quantitative estimate of drug-likeness (QED) is 0.705. The van der Waals surface area contributed by atoms with Crippen LogP contribution in [0.5, 0.6) is 5.75 Å². The van der Waals surface area contributed by atoms with E-state index in [1.54, 1.807) is 22.9 Å². The first-order valence-electron chi connectivity index (χ1n) is 8.33. The SMILES string of the molecule is [3H]c1ccc(OCc2c(-n3nnn(C)c3=O)nnn2C(C)(C)C)c(C)c1. The lowest BCUT2D eigenvalue weighted by Gasteiger charge is -2.21. The Bertz CT molecular complexity index is 997. The maximum absolute atomic E-state index is 12.2. The number of para-hydroxylation sites is 1. The van der Waals surface area contributed by atoms with Gasteiger partial charge in [-0.05, 0) is 49.8 Å². The minimum absolute atomic E-state index is 0.140. The van der Waals surface area contributed by atoms with Crippen molar-refractivity contribution in [2.45, 2.75) is 39.8 Å². The molecular weight excluding hydrogens is 322 g/mol. The second-order valence-corrected chi connectivity index (χ2v) is 6.72. The molecule has 1 aromatic carbocycles. The van der Waals surface area contributed by atoms with Crippen LogP contribution in [-0.4, -0.2) is 34.8 Å². The third kappa shape index (κ3) is 3.17. The number of aromatic nitrogens is 7. The number of rotatable bonds is 4. The van der Waals surface area contributed by atoms with Gasteiger partial charge in [0.25, 0.3) is 0 Å². The molecule has 0 saturated carbocycles. The molecule has 0 spiro atoms. The van der Waals surface area contributed by atoms with Gasteiger partial charge < -0.3 is 4.74 Å². The van der Waals surface area contributed by atoms with Crippen molar-refractivity contribution < 1.29 is 6.11 Å². The lowest BCUT2D eigenvalue weighted by Crippen LogP contribution is -2.28. The van der Waals surface area contributed by atoms with Crippen LogP contribution < -0.4 is 10.4 Å². The van der Waals surface area contributed by atoms with Gasteiger partial charge in [-0.1, -0.05) is 23.4 Å². The lowest BCUT2D eigenvalue weighted by atomic mass is 10.1. The third-order valence-electron chi connectivity index (χ3n) is 3.68. The molecule has 9 nitrogen and oxygen atoms in total. The van der Waals surface area contributed by atoms with Crippen molar-refractivity contribution in [2.24, 2.45) is 7.05 Å². The molecule has 0 fully saturated rings. The Labute approximate surface area is 146 Å². The maximum atomic E-state index is 12.2. The van der Waals surface area contributed by atoms with Crippen LogP contribution in [0, 0.1) is 6.92 Å². The van der Waals surface area contributed by atoms with Crippen LogP contribution in [-0.2, 0) is 19.2 Å². The van der Waals surface area contributed by atoms with E-state index in [4.69, 9.17) is 6.11 Å². The molecule has 0 radical (unpaired) electrons. The van der Waals surface area contributed by atoms with Crippen LogP contribution in [0.4, 0.5) is 0 Å². The van der Waals surface area contributed by atoms with Gasteiger partial charge >= 0.3 is 5.69 Å². The monoisotopic (exact) mass is 345 g/mol. The van der Waals surface area contributed by atoms with Gasteiger partial charge in [0, 0.05) is 7.05 Å². The summed E-state index contributed by atoms with van der Waals surface area (Å²) in [4.78, 5) is 12.2. The Morgan fingerprint density at radius 1 is 1.24 bits per heavy atom. The average molecular weight is 345 g/mol. The fourth-order valence-electron chi connectivity index (χ4n) is 2.38. The van der Waals surface area contributed by atoms with Crippen LogP contribution in [0.15, 0.2) is 29.0 Å². The number of hydrogen-bond donors (Lipinski definition) is 0. The molecule has 0 atom stereocenters. The van der Waals surface area contributed by atoms with E-state index in [9.17, 15) is 4.79 Å². The van der Waals surface area contributed by atoms with Gasteiger partial charge in [0.2, 0.25) is 5.82 Å². The van der Waals surface area contributed by atoms with Crippen molar-refractivity contribution in [2.75, 3.05) is 0 Å². The van der Waals surface area contributed by atoms with Gasteiger partial charge in [0.15, 0.2) is 0 Å². The molecule has 0 saturated heterocycles. The molecule has 3 aromatic rings. The Balaban J connectivity index is 2.02. The number of aryl methyl sites for hydroxylation is 2. The predicted octanol–water partition coefficient (Wildman–Crippen LogP) is 1.20. The smallest absolute Gasteiger partial charge is 0.369 e. The second kappa shape index (κ2) is 6.15. The van der Waals surface area contributed by atoms with E-state index >= 15 is 0 Å². The fraction of sp³-hybridized carbons (Fsp3) is 0.438. The van der Waals surface area contributed by atoms with Gasteiger partial charge in [-0.2, -0.15) is 4.68 Å². The predicted molar refractivity (Wildman–Crippen MR) is 90.7 cm³/mol. The maximum Gasteiger partial charge on any atom is 0.369 e. The number of nitrogens with zero attached hydrogens (tertiary/aromatic N) is 7. The summed E-state index contributed by atoms with van der Waals surface area (Å²) >= 11 is 0. The molecule has 0 amide bonds. The molecular formula is C16H21N7O2. The van der Waals surface area contributed by atoms with Crippen LogP contribution in [0.3, 0.4) is 0 Å². The molecule has 0 unspecified atom stereocenters. The number of benzene rings is 1. The van der Waals surface area contributed by atoms with Crippen molar-refractivity contribution in [1.82, 2.24) is 34.8 Å². The Morgan fingerprint density at radius 3 is 2.60 bits per heavy atom. The molecule has 0 aliphatic carbocycles. The zero-order valence-corrected chi connectivity index (χ0v) is 14.9. The van der Waals surface area contributed by atoms with Crippen molar-refractivity contribution in [1.29, 1.82) is 0 Å². The first-order valence-corrected chi connectivity index (χ1v) is 7.83. The van der Waals surface area contributed by atoms with Crippen LogP contribution >= 0.6 is 0 Å². The Kier molecular flexibility index (Phi) is 3.83. The highest BCUT2D eigenvalue weighted by Gasteiger charge is 2.25. The molecule has 25 heavy (non-hydrogen) atoms. The summed E-state index contributed by atoms with van der Waals surface area (Å²) in [5.41, 5.74) is 0.678. The Morgan fingerprint density at radius 2 is 2.00 bits per heavy atom. The fourth-order valence-corrected chi connectivity index (χ4v) is 2.38. The van der Waals surface area contributed by atoms with Gasteiger partial charge in [0.1, 0.15) is 18.1 Å². The normalized spacial score (nSPS) is 12.3. The highest BCUT2D eigenvalue weighted by molar-refractivity contribution is 5.33. The molecule has 132 valence electrons. The molecule has 0 aliphatic rings. The molecule has 0 bridgehead atoms. The summed E-state index contributed by atoms with van der Waals surface area (Å²) < 4.78 is 17.5. The summed E-state index contributed by atoms with van der Waals surface area (Å²) in [7, 11) is 1.52. The van der Waals surface area contributed by atoms with Gasteiger partial charge in [-0.15, -0.1) is 9.78 Å². The molecule has 3 rings (SSSR count). The average Bonchev–Trinajstić information content (AvgIpc) is 3.10. The molecule has 2 heterocycles. The van der Waals surface area contributed by atoms with Crippen molar-refractivity contribution >= 4 is 0 Å². The van der Waals surface area contributed by atoms with Crippen molar-refractivity contribution in [3.8, 4) is 11.6 Å². The number of hydrogen-bond acceptors (Lipinski definition) is 6. The van der Waals surface area contributed by atoms with Crippen LogP contribution in [0.25, 0.3) is 5.82 Å². The minimum atomic E-state index is -0.415. The van der Waals surface area contributed by atoms with Crippen LogP contribution in [0.2, 0.25) is 0 Å². The van der Waals surface area contributed by atoms with Gasteiger partial charge in [-0.3, -0.25) is 0 Å². The van der Waals surface area contributed by atoms with Gasteiger partial charge in [0.05, 0.1) is 6.91 Å². The molecule has 0 N–H and O–H groups in total. The van der Waals surface area contributed by atoms with Crippen molar-refractivity contribution in [3.05, 3.63) is 46.0 Å². The topological polar surface area (TPSA) is 92.7 Å². The standard InChI is InChI=1S/C16H21N7O2/c1-11-8-6-7-9-13(11)25-10-12-14(17-18-23(12)16(2,3)4)22-15(24)21(5)19-20-22/h6-9H,10H2,1-5H3/i6T. The number of tetrazole rings is 1. The van der Waals surface area contributed by atoms with E-state index in [-0.39, 0.29) is 18.0 Å². The van der Waals surface area contributed by atoms with E-state index in [1.165, 1.54) is 7.05 Å². The van der Waals surface area contributed by atoms with E-state index in [2.05, 4.69) is 20.7 Å². The molecule has 2 aromatic heterocycles. The lowest BCUT2D eigenvalue weighted by molar-refractivity contribution is 0.262. The van der Waals surface area contributed by atoms with E-state index < -0.39 is 5.69 Å². The summed E-state index contributed by atoms with van der Waals surface area (Å²) in [5.74, 6) is 0.938. The largest absolute Gasteiger partial charge is 0.487 e. The summed E-state index contributed by atoms with van der Waals surface area (Å²) in [5, 5.41) is 15.9. The van der Waals surface area contributed by atoms with E-state index in [1.807, 2.05) is 27.7 Å². The first-order chi connectivity index (χ1) is 12.2. The van der Waals surface area contributed by atoms with E-state index in [0.717, 1.165) is 14.9 Å². The molecule has 9 heteroatoms.